The summed E-state index contributed by atoms with van der Waals surface area (Å²) in [6.45, 7) is -0.710. The molecule has 1 amide bonds. The average molecular weight is 315 g/mol. The lowest BCUT2D eigenvalue weighted by Gasteiger charge is -2.07. The average Bonchev–Trinajstić information content (AvgIpc) is 3.14. The Balaban J connectivity index is 1.96. The Morgan fingerprint density at radius 2 is 2.32 bits per heavy atom. The van der Waals surface area contributed by atoms with Gasteiger partial charge in [0, 0.05) is 19.7 Å². The highest BCUT2D eigenvalue weighted by molar-refractivity contribution is 5.92. The van der Waals surface area contributed by atoms with E-state index in [0.29, 0.717) is 23.5 Å². The molecule has 0 unspecified atom stereocenters. The van der Waals surface area contributed by atoms with Crippen LogP contribution < -0.4 is 5.32 Å². The van der Waals surface area contributed by atoms with E-state index in [2.05, 4.69) is 20.6 Å². The van der Waals surface area contributed by atoms with Crippen LogP contribution in [0.1, 0.15) is 41.7 Å². The predicted octanol–water partition coefficient (Wildman–Crippen LogP) is 1.34. The molecule has 1 atom stereocenters. The molecule has 1 N–H and O–H groups in total. The molecule has 0 saturated carbocycles. The number of nitrogens with zero attached hydrogens (tertiary/aromatic N) is 4. The maximum Gasteiger partial charge on any atom is 0.333 e. The summed E-state index contributed by atoms with van der Waals surface area (Å²) in [5, 5.41) is 9.77. The summed E-state index contributed by atoms with van der Waals surface area (Å²) in [4.78, 5) is 16.0. The number of carbonyl (C=O) groups excluding carboxylic acids is 1. The molecule has 0 spiro atoms. The SMILES string of the molecule is COCCc1noc([C@H](C)NC(=O)c2ccn(C(F)F)n2)n1. The van der Waals surface area contributed by atoms with E-state index in [0.717, 1.165) is 6.20 Å². The van der Waals surface area contributed by atoms with Gasteiger partial charge in [-0.25, -0.2) is 4.68 Å². The van der Waals surface area contributed by atoms with Gasteiger partial charge in [0.2, 0.25) is 5.89 Å². The number of hydrogen-bond acceptors (Lipinski definition) is 6. The number of rotatable bonds is 7. The molecule has 2 aromatic rings. The van der Waals surface area contributed by atoms with Crippen LogP contribution in [0.3, 0.4) is 0 Å². The summed E-state index contributed by atoms with van der Waals surface area (Å²) in [6, 6.07) is 0.625. The molecule has 10 heteroatoms. The lowest BCUT2D eigenvalue weighted by atomic mass is 10.3. The van der Waals surface area contributed by atoms with Crippen LogP contribution in [-0.4, -0.2) is 39.5 Å². The summed E-state index contributed by atoms with van der Waals surface area (Å²) < 4.78 is 35.1. The van der Waals surface area contributed by atoms with Gasteiger partial charge >= 0.3 is 6.55 Å². The molecule has 0 bridgehead atoms. The van der Waals surface area contributed by atoms with E-state index in [1.54, 1.807) is 14.0 Å². The van der Waals surface area contributed by atoms with Gasteiger partial charge in [0.15, 0.2) is 5.82 Å². The molecule has 2 aromatic heterocycles. The van der Waals surface area contributed by atoms with Gasteiger partial charge in [0.1, 0.15) is 11.7 Å². The number of aromatic nitrogens is 4. The van der Waals surface area contributed by atoms with Crippen molar-refractivity contribution in [1.82, 2.24) is 25.2 Å². The number of hydrogen-bond donors (Lipinski definition) is 1. The minimum absolute atomic E-state index is 0.119. The summed E-state index contributed by atoms with van der Waals surface area (Å²) in [5.74, 6) is 0.0659. The molecule has 120 valence electrons. The third-order valence-corrected chi connectivity index (χ3v) is 2.77. The van der Waals surface area contributed by atoms with Gasteiger partial charge in [-0.3, -0.25) is 4.79 Å². The van der Waals surface area contributed by atoms with Crippen LogP contribution in [0.4, 0.5) is 8.78 Å². The van der Waals surface area contributed by atoms with Crippen LogP contribution in [0.25, 0.3) is 0 Å². The summed E-state index contributed by atoms with van der Waals surface area (Å²) in [7, 11) is 1.56. The van der Waals surface area contributed by atoms with E-state index >= 15 is 0 Å². The van der Waals surface area contributed by atoms with Crippen molar-refractivity contribution in [1.29, 1.82) is 0 Å². The van der Waals surface area contributed by atoms with E-state index in [1.807, 2.05) is 0 Å². The van der Waals surface area contributed by atoms with Crippen molar-refractivity contribution < 1.29 is 22.8 Å². The number of carbonyl (C=O) groups is 1. The lowest BCUT2D eigenvalue weighted by Crippen LogP contribution is -2.27. The van der Waals surface area contributed by atoms with Crippen molar-refractivity contribution in [2.75, 3.05) is 13.7 Å². The van der Waals surface area contributed by atoms with Crippen molar-refractivity contribution in [2.45, 2.75) is 25.9 Å². The summed E-state index contributed by atoms with van der Waals surface area (Å²) >= 11 is 0. The molecule has 2 heterocycles. The second kappa shape index (κ2) is 7.07. The first-order valence-corrected chi connectivity index (χ1v) is 6.47. The van der Waals surface area contributed by atoms with Crippen LogP contribution in [0.5, 0.6) is 0 Å². The third-order valence-electron chi connectivity index (χ3n) is 2.77. The maximum absolute atomic E-state index is 12.4. The number of nitrogens with one attached hydrogen (secondary N) is 1. The molecule has 8 nitrogen and oxygen atoms in total. The van der Waals surface area contributed by atoms with Crippen LogP contribution in [0.15, 0.2) is 16.8 Å². The predicted molar refractivity (Wildman–Crippen MR) is 69.2 cm³/mol. The molecular weight excluding hydrogens is 300 g/mol. The van der Waals surface area contributed by atoms with Crippen LogP contribution in [0.2, 0.25) is 0 Å². The Morgan fingerprint density at radius 1 is 1.55 bits per heavy atom. The van der Waals surface area contributed by atoms with Crippen molar-refractivity contribution in [3.05, 3.63) is 29.7 Å². The third kappa shape index (κ3) is 3.85. The minimum atomic E-state index is -2.79. The second-order valence-electron chi connectivity index (χ2n) is 4.45. The Morgan fingerprint density at radius 3 is 2.95 bits per heavy atom. The van der Waals surface area contributed by atoms with Gasteiger partial charge in [-0.2, -0.15) is 18.9 Å². The van der Waals surface area contributed by atoms with Crippen molar-refractivity contribution >= 4 is 5.91 Å². The fourth-order valence-electron chi connectivity index (χ4n) is 1.64. The Kier molecular flexibility index (Phi) is 5.15. The Labute approximate surface area is 124 Å². The van der Waals surface area contributed by atoms with Gasteiger partial charge in [0.05, 0.1) is 6.61 Å². The van der Waals surface area contributed by atoms with Gasteiger partial charge in [0.25, 0.3) is 5.91 Å². The van der Waals surface area contributed by atoms with E-state index in [1.165, 1.54) is 6.07 Å². The molecule has 0 radical (unpaired) electrons. The molecular formula is C12H15F2N5O3. The molecule has 0 aliphatic rings. The van der Waals surface area contributed by atoms with Gasteiger partial charge in [-0.15, -0.1) is 0 Å². The standard InChI is InChI=1S/C12H15F2N5O3/c1-7(11-16-9(18-22-11)4-6-21-2)15-10(20)8-3-5-19(17-8)12(13)14/h3,5,7,12H,4,6H2,1-2H3,(H,15,20)/t7-/m0/s1. The highest BCUT2D eigenvalue weighted by Crippen LogP contribution is 2.12. The Bertz CT molecular complexity index is 628. The molecule has 0 saturated heterocycles. The van der Waals surface area contributed by atoms with Crippen molar-refractivity contribution in [3.8, 4) is 0 Å². The quantitative estimate of drug-likeness (QED) is 0.828. The molecule has 22 heavy (non-hydrogen) atoms. The summed E-state index contributed by atoms with van der Waals surface area (Å²) in [6.07, 6.45) is 1.51. The smallest absolute Gasteiger partial charge is 0.333 e. The highest BCUT2D eigenvalue weighted by Gasteiger charge is 2.19. The summed E-state index contributed by atoms with van der Waals surface area (Å²) in [5.41, 5.74) is -0.119. The molecule has 2 rings (SSSR count). The second-order valence-corrected chi connectivity index (χ2v) is 4.45. The fourth-order valence-corrected chi connectivity index (χ4v) is 1.64. The first-order chi connectivity index (χ1) is 10.5. The molecule has 0 aliphatic heterocycles. The number of halogens is 2. The number of alkyl halides is 2. The molecule has 0 aliphatic carbocycles. The van der Waals surface area contributed by atoms with Crippen molar-refractivity contribution in [2.24, 2.45) is 0 Å². The zero-order valence-corrected chi connectivity index (χ0v) is 12.0. The van der Waals surface area contributed by atoms with Gasteiger partial charge < -0.3 is 14.6 Å². The van der Waals surface area contributed by atoms with Crippen LogP contribution in [0, 0.1) is 0 Å². The van der Waals surface area contributed by atoms with E-state index in [-0.39, 0.29) is 11.6 Å². The zero-order valence-electron chi connectivity index (χ0n) is 12.0. The van der Waals surface area contributed by atoms with Crippen LogP contribution >= 0.6 is 0 Å². The monoisotopic (exact) mass is 315 g/mol. The highest BCUT2D eigenvalue weighted by atomic mass is 19.3. The molecule has 0 fully saturated rings. The van der Waals surface area contributed by atoms with Crippen LogP contribution in [-0.2, 0) is 11.2 Å². The van der Waals surface area contributed by atoms with E-state index in [9.17, 15) is 13.6 Å². The Hall–Kier alpha value is -2.36. The zero-order chi connectivity index (χ0) is 16.1. The number of amides is 1. The fraction of sp³-hybridized carbons (Fsp3) is 0.500. The van der Waals surface area contributed by atoms with Gasteiger partial charge in [-0.05, 0) is 13.0 Å². The van der Waals surface area contributed by atoms with E-state index < -0.39 is 18.5 Å². The largest absolute Gasteiger partial charge is 0.384 e. The molecule has 0 aromatic carbocycles. The number of methoxy groups -OCH3 is 1. The maximum atomic E-state index is 12.4. The minimum Gasteiger partial charge on any atom is -0.384 e. The van der Waals surface area contributed by atoms with E-state index in [4.69, 9.17) is 9.26 Å². The first kappa shape index (κ1) is 16.0. The topological polar surface area (TPSA) is 95.1 Å². The normalized spacial score (nSPS) is 12.6. The first-order valence-electron chi connectivity index (χ1n) is 6.47. The lowest BCUT2D eigenvalue weighted by molar-refractivity contribution is 0.0559. The van der Waals surface area contributed by atoms with Crippen molar-refractivity contribution in [3.63, 3.8) is 0 Å². The number of ether oxygens (including phenoxy) is 1. The van der Waals surface area contributed by atoms with Gasteiger partial charge in [-0.1, -0.05) is 5.16 Å².